The van der Waals surface area contributed by atoms with Gasteiger partial charge < -0.3 is 5.73 Å². The molecule has 0 spiro atoms. The van der Waals surface area contributed by atoms with Crippen LogP contribution >= 0.6 is 11.3 Å². The van der Waals surface area contributed by atoms with Crippen LogP contribution in [0.15, 0.2) is 5.38 Å². The smallest absolute Gasteiger partial charge is 0.0941 e. The Morgan fingerprint density at radius 3 is 2.33 bits per heavy atom. The molecule has 4 bridgehead atoms. The van der Waals surface area contributed by atoms with E-state index in [9.17, 15) is 0 Å². The second kappa shape index (κ2) is 4.04. The third kappa shape index (κ3) is 1.67. The standard InChI is InChI=1S/C15H22N2S/c16-2-1-14-17-13(9-18-14)15-6-10-3-11(7-15)5-12(4-10)8-15/h9-12H,1-8,16H2. The van der Waals surface area contributed by atoms with Crippen LogP contribution in [0.25, 0.3) is 0 Å². The molecule has 18 heavy (non-hydrogen) atoms. The molecule has 4 aliphatic carbocycles. The molecule has 2 nitrogen and oxygen atoms in total. The van der Waals surface area contributed by atoms with Gasteiger partial charge in [-0.1, -0.05) is 0 Å². The van der Waals surface area contributed by atoms with Crippen LogP contribution in [-0.4, -0.2) is 11.5 Å². The molecule has 98 valence electrons. The highest BCUT2D eigenvalue weighted by molar-refractivity contribution is 7.09. The zero-order valence-electron chi connectivity index (χ0n) is 10.9. The molecule has 1 aromatic heterocycles. The molecule has 0 saturated heterocycles. The number of nitrogens with two attached hydrogens (primary N) is 1. The van der Waals surface area contributed by atoms with Gasteiger partial charge in [-0.2, -0.15) is 0 Å². The summed E-state index contributed by atoms with van der Waals surface area (Å²) < 4.78 is 0. The topological polar surface area (TPSA) is 38.9 Å². The third-order valence-corrected chi connectivity index (χ3v) is 6.40. The maximum absolute atomic E-state index is 5.64. The zero-order valence-corrected chi connectivity index (χ0v) is 11.7. The maximum atomic E-state index is 5.64. The van der Waals surface area contributed by atoms with Crippen LogP contribution in [0, 0.1) is 17.8 Å². The molecule has 4 aliphatic rings. The lowest BCUT2D eigenvalue weighted by molar-refractivity contribution is -0.00698. The normalized spacial score (nSPS) is 41.5. The number of hydrogen-bond acceptors (Lipinski definition) is 3. The van der Waals surface area contributed by atoms with Gasteiger partial charge in [0, 0.05) is 17.2 Å². The molecule has 1 heterocycles. The third-order valence-electron chi connectivity index (χ3n) is 5.49. The van der Waals surface area contributed by atoms with Crippen molar-refractivity contribution in [3.63, 3.8) is 0 Å². The largest absolute Gasteiger partial charge is 0.330 e. The van der Waals surface area contributed by atoms with E-state index in [1.54, 1.807) is 0 Å². The summed E-state index contributed by atoms with van der Waals surface area (Å²) in [6, 6.07) is 0. The van der Waals surface area contributed by atoms with E-state index >= 15 is 0 Å². The van der Waals surface area contributed by atoms with Crippen molar-refractivity contribution in [2.75, 3.05) is 6.54 Å². The molecular weight excluding hydrogens is 240 g/mol. The number of rotatable bonds is 3. The number of hydrogen-bond donors (Lipinski definition) is 1. The van der Waals surface area contributed by atoms with Gasteiger partial charge in [0.05, 0.1) is 10.7 Å². The quantitative estimate of drug-likeness (QED) is 0.909. The molecule has 0 aromatic carbocycles. The molecule has 3 heteroatoms. The van der Waals surface area contributed by atoms with E-state index in [1.165, 1.54) is 49.2 Å². The van der Waals surface area contributed by atoms with Crippen molar-refractivity contribution in [3.05, 3.63) is 16.1 Å². The van der Waals surface area contributed by atoms with Crippen LogP contribution < -0.4 is 5.73 Å². The average Bonchev–Trinajstić information content (AvgIpc) is 2.77. The summed E-state index contributed by atoms with van der Waals surface area (Å²) in [4.78, 5) is 4.93. The summed E-state index contributed by atoms with van der Waals surface area (Å²) >= 11 is 1.83. The van der Waals surface area contributed by atoms with Gasteiger partial charge in [-0.25, -0.2) is 4.98 Å². The summed E-state index contributed by atoms with van der Waals surface area (Å²) in [6.45, 7) is 0.730. The van der Waals surface area contributed by atoms with E-state index < -0.39 is 0 Å². The van der Waals surface area contributed by atoms with Crippen LogP contribution in [-0.2, 0) is 11.8 Å². The van der Waals surface area contributed by atoms with Gasteiger partial charge in [-0.15, -0.1) is 11.3 Å². The molecule has 1 aromatic rings. The van der Waals surface area contributed by atoms with Gasteiger partial charge in [0.2, 0.25) is 0 Å². The van der Waals surface area contributed by atoms with E-state index in [2.05, 4.69) is 5.38 Å². The van der Waals surface area contributed by atoms with E-state index in [-0.39, 0.29) is 0 Å². The summed E-state index contributed by atoms with van der Waals surface area (Å²) in [7, 11) is 0. The molecule has 2 N–H and O–H groups in total. The first-order valence-corrected chi connectivity index (χ1v) is 8.30. The Bertz CT molecular complexity index is 416. The molecule has 0 atom stereocenters. The molecule has 0 aliphatic heterocycles. The fraction of sp³-hybridized carbons (Fsp3) is 0.800. The maximum Gasteiger partial charge on any atom is 0.0941 e. The van der Waals surface area contributed by atoms with Gasteiger partial charge in [0.25, 0.3) is 0 Å². The van der Waals surface area contributed by atoms with E-state index in [0.717, 1.165) is 30.7 Å². The van der Waals surface area contributed by atoms with Crippen LogP contribution in [0.2, 0.25) is 0 Å². The molecule has 0 unspecified atom stereocenters. The predicted molar refractivity (Wildman–Crippen MR) is 74.7 cm³/mol. The molecule has 4 fully saturated rings. The van der Waals surface area contributed by atoms with Crippen molar-refractivity contribution in [1.82, 2.24) is 4.98 Å². The lowest BCUT2D eigenvalue weighted by Crippen LogP contribution is -2.48. The van der Waals surface area contributed by atoms with Gasteiger partial charge in [0.15, 0.2) is 0 Å². The van der Waals surface area contributed by atoms with Crippen molar-refractivity contribution in [2.45, 2.75) is 50.4 Å². The second-order valence-electron chi connectivity index (χ2n) is 6.86. The summed E-state index contributed by atoms with van der Waals surface area (Å²) in [5.41, 5.74) is 7.54. The van der Waals surface area contributed by atoms with E-state index in [0.29, 0.717) is 5.41 Å². The SMILES string of the molecule is NCCc1nc(C23CC4CC(CC(C4)C2)C3)cs1. The lowest BCUT2D eigenvalue weighted by Gasteiger charge is -2.56. The molecule has 4 saturated carbocycles. The van der Waals surface area contributed by atoms with Gasteiger partial charge in [-0.05, 0) is 62.8 Å². The first kappa shape index (κ1) is 11.4. The van der Waals surface area contributed by atoms with Crippen molar-refractivity contribution in [2.24, 2.45) is 23.5 Å². The minimum atomic E-state index is 0.470. The fourth-order valence-electron chi connectivity index (χ4n) is 5.22. The van der Waals surface area contributed by atoms with Crippen molar-refractivity contribution in [1.29, 1.82) is 0 Å². The molecule has 0 amide bonds. The Kier molecular flexibility index (Phi) is 2.56. The Hall–Kier alpha value is -0.410. The Labute approximate surface area is 113 Å². The Balaban J connectivity index is 1.66. The van der Waals surface area contributed by atoms with Crippen LogP contribution in [0.4, 0.5) is 0 Å². The first-order valence-electron chi connectivity index (χ1n) is 7.42. The summed E-state index contributed by atoms with van der Waals surface area (Å²) in [6.07, 6.45) is 9.76. The fourth-order valence-corrected chi connectivity index (χ4v) is 6.15. The Morgan fingerprint density at radius 2 is 1.78 bits per heavy atom. The second-order valence-corrected chi connectivity index (χ2v) is 7.81. The first-order chi connectivity index (χ1) is 8.77. The van der Waals surface area contributed by atoms with Gasteiger partial charge in [-0.3, -0.25) is 0 Å². The summed E-state index contributed by atoms with van der Waals surface area (Å²) in [5.74, 6) is 3.03. The highest BCUT2D eigenvalue weighted by atomic mass is 32.1. The lowest BCUT2D eigenvalue weighted by atomic mass is 9.49. The van der Waals surface area contributed by atoms with Crippen molar-refractivity contribution >= 4 is 11.3 Å². The molecule has 5 rings (SSSR count). The minimum Gasteiger partial charge on any atom is -0.330 e. The zero-order chi connectivity index (χ0) is 12.2. The minimum absolute atomic E-state index is 0.470. The van der Waals surface area contributed by atoms with Gasteiger partial charge in [0.1, 0.15) is 0 Å². The van der Waals surface area contributed by atoms with Crippen molar-refractivity contribution < 1.29 is 0 Å². The van der Waals surface area contributed by atoms with Crippen LogP contribution in [0.1, 0.15) is 49.2 Å². The number of nitrogens with zero attached hydrogens (tertiary/aromatic N) is 1. The summed E-state index contributed by atoms with van der Waals surface area (Å²) in [5, 5.41) is 3.60. The van der Waals surface area contributed by atoms with Crippen molar-refractivity contribution in [3.8, 4) is 0 Å². The van der Waals surface area contributed by atoms with Gasteiger partial charge >= 0.3 is 0 Å². The highest BCUT2D eigenvalue weighted by Gasteiger charge is 2.52. The predicted octanol–water partition coefficient (Wildman–Crippen LogP) is 3.11. The molecule has 0 radical (unpaired) electrons. The number of thiazole rings is 1. The molecular formula is C15H22N2S. The average molecular weight is 262 g/mol. The highest BCUT2D eigenvalue weighted by Crippen LogP contribution is 2.60. The number of aromatic nitrogens is 1. The Morgan fingerprint density at radius 1 is 1.17 bits per heavy atom. The van der Waals surface area contributed by atoms with Crippen LogP contribution in [0.5, 0.6) is 0 Å². The van der Waals surface area contributed by atoms with E-state index in [4.69, 9.17) is 10.7 Å². The van der Waals surface area contributed by atoms with Crippen LogP contribution in [0.3, 0.4) is 0 Å². The monoisotopic (exact) mass is 262 g/mol. The van der Waals surface area contributed by atoms with E-state index in [1.807, 2.05) is 11.3 Å².